The van der Waals surface area contributed by atoms with Gasteiger partial charge < -0.3 is 15.8 Å². The molecule has 8 heteroatoms. The summed E-state index contributed by atoms with van der Waals surface area (Å²) in [6, 6.07) is 5.73. The van der Waals surface area contributed by atoms with E-state index in [0.29, 0.717) is 0 Å². The molecule has 0 atom stereocenters. The van der Waals surface area contributed by atoms with Crippen molar-refractivity contribution in [3.63, 3.8) is 0 Å². The number of benzene rings is 1. The monoisotopic (exact) mass is 309 g/mol. The second kappa shape index (κ2) is 6.10. The number of hydrogen-bond acceptors (Lipinski definition) is 7. The first-order valence-corrected chi connectivity index (χ1v) is 7.42. The Bertz CT molecular complexity index is 639. The molecule has 0 spiro atoms. The molecule has 2 aromatic rings. The van der Waals surface area contributed by atoms with Gasteiger partial charge in [-0.1, -0.05) is 28.3 Å². The molecule has 0 saturated heterocycles. The Morgan fingerprint density at radius 3 is 2.70 bits per heavy atom. The molecule has 0 bridgehead atoms. The molecule has 0 amide bonds. The molecule has 2 rings (SSSR count). The molecule has 0 fully saturated rings. The second-order valence-corrected chi connectivity index (χ2v) is 6.59. The van der Waals surface area contributed by atoms with Crippen LogP contribution >= 0.6 is 23.1 Å². The molecule has 3 N–H and O–H groups in total. The summed E-state index contributed by atoms with van der Waals surface area (Å²) in [4.78, 5) is 2.97. The molecule has 20 heavy (non-hydrogen) atoms. The van der Waals surface area contributed by atoms with Crippen molar-refractivity contribution in [2.24, 2.45) is 10.9 Å². The van der Waals surface area contributed by atoms with Gasteiger partial charge in [0.1, 0.15) is 0 Å². The Hall–Kier alpha value is -1.80. The quantitative estimate of drug-likeness (QED) is 0.389. The summed E-state index contributed by atoms with van der Waals surface area (Å²) >= 11 is 3.08. The number of anilines is 1. The number of aromatic nitrogens is 2. The van der Waals surface area contributed by atoms with E-state index in [9.17, 15) is 0 Å². The second-order valence-electron chi connectivity index (χ2n) is 4.31. The van der Waals surface area contributed by atoms with Crippen molar-refractivity contribution in [2.45, 2.75) is 16.2 Å². The topological polar surface area (TPSA) is 87.6 Å². The van der Waals surface area contributed by atoms with E-state index in [4.69, 9.17) is 10.9 Å². The van der Waals surface area contributed by atoms with Gasteiger partial charge in [-0.05, 0) is 30.7 Å². The Kier molecular flexibility index (Phi) is 4.46. The van der Waals surface area contributed by atoms with Gasteiger partial charge in [0, 0.05) is 24.6 Å². The number of nitrogens with two attached hydrogens (primary N) is 1. The number of hydrogen-bond donors (Lipinski definition) is 2. The van der Waals surface area contributed by atoms with Crippen LogP contribution in [0.2, 0.25) is 0 Å². The van der Waals surface area contributed by atoms with Crippen molar-refractivity contribution in [3.8, 4) is 0 Å². The summed E-state index contributed by atoms with van der Waals surface area (Å²) in [6.45, 7) is 1.92. The van der Waals surface area contributed by atoms with Gasteiger partial charge in [0.2, 0.25) is 5.13 Å². The van der Waals surface area contributed by atoms with E-state index in [0.717, 1.165) is 25.5 Å². The van der Waals surface area contributed by atoms with Crippen LogP contribution in [0.5, 0.6) is 0 Å². The molecule has 0 saturated carbocycles. The van der Waals surface area contributed by atoms with E-state index in [1.807, 2.05) is 44.1 Å². The van der Waals surface area contributed by atoms with Crippen LogP contribution in [0.3, 0.4) is 0 Å². The van der Waals surface area contributed by atoms with Crippen LogP contribution in [0.1, 0.15) is 11.1 Å². The van der Waals surface area contributed by atoms with Crippen molar-refractivity contribution < 1.29 is 5.21 Å². The van der Waals surface area contributed by atoms with Crippen LogP contribution in [-0.4, -0.2) is 35.3 Å². The minimum absolute atomic E-state index is 0.116. The zero-order valence-corrected chi connectivity index (χ0v) is 13.0. The van der Waals surface area contributed by atoms with Crippen LogP contribution < -0.4 is 10.6 Å². The van der Waals surface area contributed by atoms with E-state index in [2.05, 4.69) is 15.4 Å². The summed E-state index contributed by atoms with van der Waals surface area (Å²) in [5.41, 5.74) is 7.27. The number of aryl methyl sites for hydroxylation is 1. The molecule has 0 aliphatic rings. The minimum Gasteiger partial charge on any atom is -0.409 e. The molecule has 0 unspecified atom stereocenters. The maximum absolute atomic E-state index is 8.71. The largest absolute Gasteiger partial charge is 0.409 e. The third kappa shape index (κ3) is 3.20. The third-order valence-electron chi connectivity index (χ3n) is 2.57. The highest BCUT2D eigenvalue weighted by Crippen LogP contribution is 2.33. The Balaban J connectivity index is 2.19. The molecule has 0 radical (unpaired) electrons. The summed E-state index contributed by atoms with van der Waals surface area (Å²) in [5, 5.41) is 20.8. The van der Waals surface area contributed by atoms with Crippen molar-refractivity contribution >= 4 is 34.1 Å². The molecule has 0 aliphatic heterocycles. The Labute approximate surface area is 125 Å². The molecular formula is C12H15N5OS2. The number of amidine groups is 1. The average Bonchev–Trinajstić information content (AvgIpc) is 2.87. The first kappa shape index (κ1) is 14.6. The normalized spacial score (nSPS) is 11.7. The average molecular weight is 309 g/mol. The summed E-state index contributed by atoms with van der Waals surface area (Å²) in [7, 11) is 3.87. The van der Waals surface area contributed by atoms with E-state index >= 15 is 0 Å². The molecule has 1 heterocycles. The molecule has 0 aliphatic carbocycles. The van der Waals surface area contributed by atoms with Gasteiger partial charge >= 0.3 is 0 Å². The fourth-order valence-corrected chi connectivity index (χ4v) is 3.40. The van der Waals surface area contributed by atoms with Gasteiger partial charge in [0.15, 0.2) is 10.2 Å². The van der Waals surface area contributed by atoms with E-state index in [1.54, 1.807) is 11.8 Å². The van der Waals surface area contributed by atoms with Gasteiger partial charge in [-0.2, -0.15) is 0 Å². The fraction of sp³-hybridized carbons (Fsp3) is 0.250. The third-order valence-corrected chi connectivity index (χ3v) is 4.70. The van der Waals surface area contributed by atoms with Crippen molar-refractivity contribution in [2.75, 3.05) is 19.0 Å². The van der Waals surface area contributed by atoms with Crippen LogP contribution in [-0.2, 0) is 0 Å². The summed E-state index contributed by atoms with van der Waals surface area (Å²) in [5.74, 6) is 0.116. The zero-order valence-electron chi connectivity index (χ0n) is 11.4. The zero-order chi connectivity index (χ0) is 14.7. The van der Waals surface area contributed by atoms with Crippen LogP contribution in [0.15, 0.2) is 32.6 Å². The first-order valence-electron chi connectivity index (χ1n) is 5.78. The number of nitrogens with zero attached hydrogens (tertiary/aromatic N) is 4. The van der Waals surface area contributed by atoms with Gasteiger partial charge in [0.25, 0.3) is 0 Å². The lowest BCUT2D eigenvalue weighted by atomic mass is 10.1. The molecule has 6 nitrogen and oxygen atoms in total. The van der Waals surface area contributed by atoms with Crippen molar-refractivity contribution in [1.82, 2.24) is 10.2 Å². The Morgan fingerprint density at radius 1 is 1.40 bits per heavy atom. The summed E-state index contributed by atoms with van der Waals surface area (Å²) in [6.07, 6.45) is 0. The van der Waals surface area contributed by atoms with E-state index in [-0.39, 0.29) is 5.84 Å². The molecule has 106 valence electrons. The Morgan fingerprint density at radius 2 is 2.15 bits per heavy atom. The lowest BCUT2D eigenvalue weighted by molar-refractivity contribution is 0.318. The fourth-order valence-electron chi connectivity index (χ4n) is 1.57. The molecule has 1 aromatic heterocycles. The highest BCUT2D eigenvalue weighted by atomic mass is 32.2. The highest BCUT2D eigenvalue weighted by molar-refractivity contribution is 8.01. The van der Waals surface area contributed by atoms with Crippen LogP contribution in [0.4, 0.5) is 5.13 Å². The predicted molar refractivity (Wildman–Crippen MR) is 82.0 cm³/mol. The smallest absolute Gasteiger partial charge is 0.208 e. The van der Waals surface area contributed by atoms with Gasteiger partial charge in [0.05, 0.1) is 0 Å². The van der Waals surface area contributed by atoms with Crippen molar-refractivity contribution in [1.29, 1.82) is 0 Å². The van der Waals surface area contributed by atoms with Gasteiger partial charge in [-0.15, -0.1) is 10.2 Å². The van der Waals surface area contributed by atoms with Crippen molar-refractivity contribution in [3.05, 3.63) is 29.3 Å². The lowest BCUT2D eigenvalue weighted by Crippen LogP contribution is -2.14. The van der Waals surface area contributed by atoms with Crippen LogP contribution in [0, 0.1) is 6.92 Å². The van der Waals surface area contributed by atoms with Gasteiger partial charge in [-0.3, -0.25) is 0 Å². The highest BCUT2D eigenvalue weighted by Gasteiger charge is 2.09. The molecule has 1 aromatic carbocycles. The van der Waals surface area contributed by atoms with Gasteiger partial charge in [-0.25, -0.2) is 0 Å². The first-order chi connectivity index (χ1) is 9.51. The lowest BCUT2D eigenvalue weighted by Gasteiger charge is -2.06. The summed E-state index contributed by atoms with van der Waals surface area (Å²) < 4.78 is 0.879. The standard InChI is InChI=1S/C12H15N5OS2/c1-7-6-8(4-5-9(7)10(13)16-18)19-12-15-14-11(20-12)17(2)3/h4-6,18H,1-3H3,(H2,13,16). The maximum atomic E-state index is 8.71. The molecular weight excluding hydrogens is 294 g/mol. The van der Waals surface area contributed by atoms with E-state index in [1.165, 1.54) is 11.3 Å². The maximum Gasteiger partial charge on any atom is 0.208 e. The number of oxime groups is 1. The number of rotatable bonds is 4. The minimum atomic E-state index is 0.116. The van der Waals surface area contributed by atoms with Crippen LogP contribution in [0.25, 0.3) is 0 Å². The van der Waals surface area contributed by atoms with E-state index < -0.39 is 0 Å². The predicted octanol–water partition coefficient (Wildman–Crippen LogP) is 2.16. The SMILES string of the molecule is Cc1cc(Sc2nnc(N(C)C)s2)ccc1/C(N)=N/O.